The number of hydrogen-bond acceptors (Lipinski definition) is 10. The standard InChI is InChI=1S/C30H29ClN6O3S2/c1-16(2)17-7-9-18(10-8-17)26-20(14-32)28(33)37(22-5-4-6-23(38)27(22)26)29-35-36-30(42-29)41-15-25(39)34-19-11-12-24(40-3)21(31)13-19/h7-13,16,26H,4-6,15,33H2,1-3H3,(H,34,39). The summed E-state index contributed by atoms with van der Waals surface area (Å²) in [5, 5.41) is 22.5. The zero-order valence-corrected chi connectivity index (χ0v) is 25.7. The average Bonchev–Trinajstić information content (AvgIpc) is 3.44. The van der Waals surface area contributed by atoms with Gasteiger partial charge in [-0.1, -0.05) is 72.8 Å². The van der Waals surface area contributed by atoms with Crippen LogP contribution in [0.2, 0.25) is 5.02 Å². The van der Waals surface area contributed by atoms with Crippen LogP contribution < -0.4 is 20.7 Å². The van der Waals surface area contributed by atoms with Crippen molar-refractivity contribution in [2.24, 2.45) is 5.73 Å². The molecule has 1 amide bonds. The molecule has 1 unspecified atom stereocenters. The van der Waals surface area contributed by atoms with Crippen molar-refractivity contribution >= 4 is 57.2 Å². The van der Waals surface area contributed by atoms with Gasteiger partial charge in [0.1, 0.15) is 11.6 Å². The molecule has 5 rings (SSSR count). The molecule has 1 aliphatic carbocycles. The Labute approximate surface area is 257 Å². The topological polar surface area (TPSA) is 134 Å². The quantitative estimate of drug-likeness (QED) is 0.276. The first-order valence-corrected chi connectivity index (χ1v) is 15.6. The van der Waals surface area contributed by atoms with Crippen molar-refractivity contribution in [1.82, 2.24) is 10.2 Å². The van der Waals surface area contributed by atoms with Crippen molar-refractivity contribution in [3.63, 3.8) is 0 Å². The van der Waals surface area contributed by atoms with Crippen LogP contribution in [-0.2, 0) is 9.59 Å². The maximum atomic E-state index is 13.4. The van der Waals surface area contributed by atoms with Gasteiger partial charge in [0, 0.05) is 23.4 Å². The highest BCUT2D eigenvalue weighted by molar-refractivity contribution is 8.01. The zero-order valence-electron chi connectivity index (χ0n) is 23.3. The van der Waals surface area contributed by atoms with Crippen LogP contribution in [0.4, 0.5) is 10.8 Å². The molecule has 2 heterocycles. The number of rotatable bonds is 8. The minimum Gasteiger partial charge on any atom is -0.495 e. The monoisotopic (exact) mass is 620 g/mol. The van der Waals surface area contributed by atoms with Crippen LogP contribution in [0.1, 0.15) is 56.1 Å². The number of methoxy groups -OCH3 is 1. The highest BCUT2D eigenvalue weighted by Gasteiger charge is 2.41. The third-order valence-electron chi connectivity index (χ3n) is 7.20. The summed E-state index contributed by atoms with van der Waals surface area (Å²) in [6, 6.07) is 15.3. The summed E-state index contributed by atoms with van der Waals surface area (Å²) in [5.74, 6) is 0.445. The minimum atomic E-state index is -0.535. The van der Waals surface area contributed by atoms with Crippen molar-refractivity contribution in [3.05, 3.63) is 81.3 Å². The van der Waals surface area contributed by atoms with Crippen LogP contribution in [0.3, 0.4) is 0 Å². The van der Waals surface area contributed by atoms with Crippen LogP contribution >= 0.6 is 34.7 Å². The summed E-state index contributed by atoms with van der Waals surface area (Å²) in [7, 11) is 1.52. The number of hydrogen-bond donors (Lipinski definition) is 2. The predicted octanol–water partition coefficient (Wildman–Crippen LogP) is 6.36. The smallest absolute Gasteiger partial charge is 0.234 e. The van der Waals surface area contributed by atoms with E-state index in [-0.39, 0.29) is 23.3 Å². The molecule has 0 saturated heterocycles. The van der Waals surface area contributed by atoms with Gasteiger partial charge in [0.15, 0.2) is 10.1 Å². The summed E-state index contributed by atoms with van der Waals surface area (Å²) in [6.45, 7) is 4.24. The number of benzene rings is 2. The Kier molecular flexibility index (Phi) is 8.87. The van der Waals surface area contributed by atoms with Crippen LogP contribution in [-0.4, -0.2) is 34.8 Å². The Balaban J connectivity index is 1.39. The van der Waals surface area contributed by atoms with Gasteiger partial charge >= 0.3 is 0 Å². The minimum absolute atomic E-state index is 0.00820. The number of halogens is 1. The number of carbonyl (C=O) groups is 2. The average molecular weight is 621 g/mol. The van der Waals surface area contributed by atoms with E-state index in [9.17, 15) is 14.9 Å². The molecule has 1 atom stereocenters. The lowest BCUT2D eigenvalue weighted by Crippen LogP contribution is -2.38. The van der Waals surface area contributed by atoms with E-state index in [1.807, 2.05) is 24.3 Å². The fourth-order valence-electron chi connectivity index (χ4n) is 5.13. The molecule has 3 N–H and O–H groups in total. The summed E-state index contributed by atoms with van der Waals surface area (Å²) >= 11 is 8.63. The fraction of sp³-hybridized carbons (Fsp3) is 0.300. The second-order valence-corrected chi connectivity index (χ2v) is 12.8. The number of allylic oxidation sites excluding steroid dienone is 3. The maximum absolute atomic E-state index is 13.4. The third-order valence-corrected chi connectivity index (χ3v) is 9.54. The predicted molar refractivity (Wildman–Crippen MR) is 166 cm³/mol. The van der Waals surface area contributed by atoms with Crippen molar-refractivity contribution in [2.75, 3.05) is 23.1 Å². The largest absolute Gasteiger partial charge is 0.495 e. The Morgan fingerprint density at radius 2 is 2.02 bits per heavy atom. The Hall–Kier alpha value is -3.85. The summed E-state index contributed by atoms with van der Waals surface area (Å²) in [6.07, 6.45) is 1.71. The van der Waals surface area contributed by atoms with Crippen LogP contribution in [0.5, 0.6) is 5.75 Å². The Bertz CT molecular complexity index is 1640. The Morgan fingerprint density at radius 3 is 2.69 bits per heavy atom. The first-order valence-electron chi connectivity index (χ1n) is 13.4. The SMILES string of the molecule is COc1ccc(NC(=O)CSc2nnc(N3C(N)=C(C#N)C(c4ccc(C(C)C)cc4)C4=C3CCCC4=O)s2)cc1Cl. The summed E-state index contributed by atoms with van der Waals surface area (Å²) < 4.78 is 5.70. The van der Waals surface area contributed by atoms with Gasteiger partial charge in [0.2, 0.25) is 11.0 Å². The molecule has 12 heteroatoms. The lowest BCUT2D eigenvalue weighted by atomic mass is 9.75. The van der Waals surface area contributed by atoms with E-state index in [1.54, 1.807) is 23.1 Å². The number of nitrogens with zero attached hydrogens (tertiary/aromatic N) is 4. The molecule has 0 spiro atoms. The van der Waals surface area contributed by atoms with Gasteiger partial charge in [0.25, 0.3) is 0 Å². The van der Waals surface area contributed by atoms with E-state index >= 15 is 0 Å². The van der Waals surface area contributed by atoms with E-state index in [4.69, 9.17) is 22.1 Å². The van der Waals surface area contributed by atoms with Gasteiger partial charge < -0.3 is 15.8 Å². The van der Waals surface area contributed by atoms with Gasteiger partial charge in [0.05, 0.1) is 35.4 Å². The number of anilines is 2. The van der Waals surface area contributed by atoms with Gasteiger partial charge in [-0.2, -0.15) is 5.26 Å². The number of nitrogens with two attached hydrogens (primary N) is 1. The van der Waals surface area contributed by atoms with Crippen LogP contribution in [0.15, 0.2) is 69.5 Å². The molecular formula is C30H29ClN6O3S2. The zero-order chi connectivity index (χ0) is 30.0. The third kappa shape index (κ3) is 5.88. The maximum Gasteiger partial charge on any atom is 0.234 e. The second kappa shape index (κ2) is 12.6. The molecule has 3 aromatic rings. The van der Waals surface area contributed by atoms with E-state index < -0.39 is 5.92 Å². The first-order chi connectivity index (χ1) is 20.2. The van der Waals surface area contributed by atoms with Crippen molar-refractivity contribution in [1.29, 1.82) is 5.26 Å². The van der Waals surface area contributed by atoms with Crippen molar-refractivity contribution in [3.8, 4) is 11.8 Å². The molecule has 0 saturated carbocycles. The number of aromatic nitrogens is 2. The number of amides is 1. The highest BCUT2D eigenvalue weighted by Crippen LogP contribution is 2.47. The molecule has 216 valence electrons. The van der Waals surface area contributed by atoms with E-state index in [0.29, 0.717) is 62.3 Å². The second-order valence-electron chi connectivity index (χ2n) is 10.2. The van der Waals surface area contributed by atoms with Crippen molar-refractivity contribution < 1.29 is 14.3 Å². The Morgan fingerprint density at radius 1 is 1.26 bits per heavy atom. The molecule has 0 radical (unpaired) electrons. The lowest BCUT2D eigenvalue weighted by Gasteiger charge is -2.38. The van der Waals surface area contributed by atoms with Gasteiger partial charge in [-0.05, 0) is 48.1 Å². The fourth-order valence-corrected chi connectivity index (χ4v) is 7.07. The lowest BCUT2D eigenvalue weighted by molar-refractivity contribution is -0.116. The van der Waals surface area contributed by atoms with Gasteiger partial charge in [-0.15, -0.1) is 10.2 Å². The molecule has 0 bridgehead atoms. The van der Waals surface area contributed by atoms with Crippen LogP contribution in [0.25, 0.3) is 0 Å². The first kappa shape index (κ1) is 29.6. The highest BCUT2D eigenvalue weighted by atomic mass is 35.5. The molecule has 2 aliphatic rings. The number of nitriles is 1. The molecular weight excluding hydrogens is 592 g/mol. The van der Waals surface area contributed by atoms with Gasteiger partial charge in [-0.3, -0.25) is 14.5 Å². The number of carbonyl (C=O) groups excluding carboxylic acids is 2. The van der Waals surface area contributed by atoms with Crippen LogP contribution in [0, 0.1) is 11.3 Å². The number of nitrogens with one attached hydrogen (secondary N) is 1. The molecule has 1 aromatic heterocycles. The molecule has 0 fully saturated rings. The molecule has 2 aromatic carbocycles. The van der Waals surface area contributed by atoms with E-state index in [1.165, 1.54) is 35.8 Å². The van der Waals surface area contributed by atoms with Gasteiger partial charge in [-0.25, -0.2) is 0 Å². The normalized spacial score (nSPS) is 16.9. The van der Waals surface area contributed by atoms with E-state index in [0.717, 1.165) is 11.3 Å². The number of ketones is 1. The molecule has 42 heavy (non-hydrogen) atoms. The summed E-state index contributed by atoms with van der Waals surface area (Å²) in [4.78, 5) is 27.6. The summed E-state index contributed by atoms with van der Waals surface area (Å²) in [5.41, 5.74) is 10.9. The van der Waals surface area contributed by atoms with Crippen molar-refractivity contribution in [2.45, 2.75) is 49.3 Å². The van der Waals surface area contributed by atoms with E-state index in [2.05, 4.69) is 35.4 Å². The molecule has 1 aliphatic heterocycles. The number of ether oxygens (including phenoxy) is 1. The number of Topliss-reactive ketones (excluding diaryl/α,β-unsaturated/α-hetero) is 1. The number of thioether (sulfide) groups is 1. The molecule has 9 nitrogen and oxygen atoms in total.